The lowest BCUT2D eigenvalue weighted by Crippen LogP contribution is -2.58. The number of carbonyl (C=O) groups is 2. The topological polar surface area (TPSA) is 62.5 Å². The lowest BCUT2D eigenvalue weighted by atomic mass is 10.0. The first kappa shape index (κ1) is 19.9. The maximum absolute atomic E-state index is 13.4. The van der Waals surface area contributed by atoms with Crippen molar-refractivity contribution in [1.82, 2.24) is 0 Å². The molecule has 1 unspecified atom stereocenters. The summed E-state index contributed by atoms with van der Waals surface area (Å²) in [7, 11) is 0. The Labute approximate surface area is 179 Å². The van der Waals surface area contributed by atoms with Crippen LogP contribution in [0.25, 0.3) is 0 Å². The largest absolute Gasteiger partial charge is 0.494 e. The summed E-state index contributed by atoms with van der Waals surface area (Å²) in [4.78, 5) is 27.9. The molecule has 6 nitrogen and oxygen atoms in total. The van der Waals surface area contributed by atoms with Crippen LogP contribution in [0.15, 0.2) is 72.9 Å². The molecule has 0 bridgehead atoms. The van der Waals surface area contributed by atoms with Crippen molar-refractivity contribution in [2.24, 2.45) is 0 Å². The molecule has 1 aliphatic heterocycles. The Balaban J connectivity index is 1.69. The number of fused-ring (bicyclic) bond motifs is 1. The van der Waals surface area contributed by atoms with Gasteiger partial charge in [0.2, 0.25) is 18.3 Å². The summed E-state index contributed by atoms with van der Waals surface area (Å²) >= 11 is 6.01. The Hall–Kier alpha value is -3.38. The van der Waals surface area contributed by atoms with Gasteiger partial charge in [-0.25, -0.2) is 0 Å². The minimum Gasteiger partial charge on any atom is -0.494 e. The third-order valence-electron chi connectivity index (χ3n) is 4.87. The molecule has 152 valence electrons. The molecule has 1 N–H and O–H groups in total. The van der Waals surface area contributed by atoms with E-state index in [1.165, 1.54) is 4.90 Å². The molecule has 0 saturated carbocycles. The second kappa shape index (κ2) is 8.55. The monoisotopic (exact) mass is 422 g/mol. The number of hydrogen-bond donors (Lipinski definition) is 1. The van der Waals surface area contributed by atoms with E-state index in [-0.39, 0.29) is 18.4 Å². The Morgan fingerprint density at radius 2 is 1.87 bits per heavy atom. The van der Waals surface area contributed by atoms with Crippen molar-refractivity contribution in [2.75, 3.05) is 16.8 Å². The maximum Gasteiger partial charge on any atom is 0.294 e. The lowest BCUT2D eigenvalue weighted by molar-refractivity contribution is -0.695. The van der Waals surface area contributed by atoms with Crippen molar-refractivity contribution in [3.63, 3.8) is 0 Å². The van der Waals surface area contributed by atoms with Crippen LogP contribution in [0.4, 0.5) is 11.4 Å². The molecular weight excluding hydrogens is 402 g/mol. The molecule has 7 heteroatoms. The van der Waals surface area contributed by atoms with Gasteiger partial charge in [0.15, 0.2) is 6.20 Å². The van der Waals surface area contributed by atoms with Crippen LogP contribution in [0.1, 0.15) is 18.7 Å². The van der Waals surface area contributed by atoms with Crippen molar-refractivity contribution >= 4 is 34.8 Å². The molecule has 0 spiro atoms. The van der Waals surface area contributed by atoms with Gasteiger partial charge in [-0.3, -0.25) is 14.5 Å². The summed E-state index contributed by atoms with van der Waals surface area (Å²) in [6.07, 6.45) is 1.81. The highest BCUT2D eigenvalue weighted by Crippen LogP contribution is 2.31. The highest BCUT2D eigenvalue weighted by Gasteiger charge is 2.43. The van der Waals surface area contributed by atoms with Gasteiger partial charge in [0.1, 0.15) is 5.75 Å². The summed E-state index contributed by atoms with van der Waals surface area (Å²) in [6, 6.07) is 18.8. The Morgan fingerprint density at radius 3 is 2.57 bits per heavy atom. The van der Waals surface area contributed by atoms with Crippen LogP contribution >= 0.6 is 11.6 Å². The third-order valence-corrected chi connectivity index (χ3v) is 5.13. The van der Waals surface area contributed by atoms with E-state index >= 15 is 0 Å². The van der Waals surface area contributed by atoms with E-state index in [2.05, 4.69) is 5.32 Å². The predicted molar refractivity (Wildman–Crippen MR) is 115 cm³/mol. The van der Waals surface area contributed by atoms with Crippen LogP contribution in [0.5, 0.6) is 5.75 Å². The van der Waals surface area contributed by atoms with E-state index < -0.39 is 6.04 Å². The lowest BCUT2D eigenvalue weighted by Gasteiger charge is -2.32. The molecule has 1 atom stereocenters. The molecule has 0 aliphatic carbocycles. The van der Waals surface area contributed by atoms with E-state index in [1.54, 1.807) is 53.1 Å². The molecule has 2 amide bonds. The smallest absolute Gasteiger partial charge is 0.294 e. The maximum atomic E-state index is 13.4. The molecule has 0 radical (unpaired) electrons. The number of benzene rings is 2. The highest BCUT2D eigenvalue weighted by atomic mass is 35.5. The normalized spacial score (nSPS) is 15.5. The zero-order chi connectivity index (χ0) is 21.1. The van der Waals surface area contributed by atoms with Gasteiger partial charge < -0.3 is 10.1 Å². The molecule has 0 fully saturated rings. The number of aromatic nitrogens is 1. The van der Waals surface area contributed by atoms with E-state index in [1.807, 2.05) is 31.3 Å². The first-order valence-electron chi connectivity index (χ1n) is 9.66. The molecule has 1 aliphatic rings. The van der Waals surface area contributed by atoms with Gasteiger partial charge in [0, 0.05) is 28.5 Å². The Morgan fingerprint density at radius 1 is 1.13 bits per heavy atom. The number of amides is 2. The van der Waals surface area contributed by atoms with Crippen molar-refractivity contribution in [2.45, 2.75) is 19.5 Å². The molecule has 30 heavy (non-hydrogen) atoms. The van der Waals surface area contributed by atoms with Crippen LogP contribution in [0.2, 0.25) is 5.02 Å². The highest BCUT2D eigenvalue weighted by molar-refractivity contribution is 6.30. The zero-order valence-corrected chi connectivity index (χ0v) is 17.2. The predicted octanol–water partition coefficient (Wildman–Crippen LogP) is 3.75. The van der Waals surface area contributed by atoms with Crippen molar-refractivity contribution < 1.29 is 18.9 Å². The molecule has 2 aromatic carbocycles. The van der Waals surface area contributed by atoms with Gasteiger partial charge >= 0.3 is 0 Å². The number of nitrogens with zero attached hydrogens (tertiary/aromatic N) is 2. The Bertz CT molecular complexity index is 1070. The van der Waals surface area contributed by atoms with Crippen LogP contribution < -0.4 is 19.5 Å². The fourth-order valence-corrected chi connectivity index (χ4v) is 3.66. The minimum absolute atomic E-state index is 0.158. The summed E-state index contributed by atoms with van der Waals surface area (Å²) in [5, 5.41) is 3.49. The third kappa shape index (κ3) is 4.00. The quantitative estimate of drug-likeness (QED) is 0.637. The molecule has 2 heterocycles. The van der Waals surface area contributed by atoms with Crippen LogP contribution in [0.3, 0.4) is 0 Å². The SMILES string of the molecule is CCOc1ccc(NC(=O)C2c3cccc[n+]3CC(=O)N2c2ccc(Cl)cc2)cc1. The second-order valence-electron chi connectivity index (χ2n) is 6.84. The second-order valence-corrected chi connectivity index (χ2v) is 7.28. The Kier molecular flexibility index (Phi) is 5.68. The summed E-state index contributed by atoms with van der Waals surface area (Å²) in [5.74, 6) is 0.252. The number of ether oxygens (including phenoxy) is 1. The molecule has 0 saturated heterocycles. The summed E-state index contributed by atoms with van der Waals surface area (Å²) < 4.78 is 7.25. The van der Waals surface area contributed by atoms with Gasteiger partial charge in [-0.1, -0.05) is 17.7 Å². The number of rotatable bonds is 5. The van der Waals surface area contributed by atoms with Gasteiger partial charge in [-0.05, 0) is 55.5 Å². The van der Waals surface area contributed by atoms with Crippen molar-refractivity contribution in [3.05, 3.63) is 83.6 Å². The summed E-state index contributed by atoms with van der Waals surface area (Å²) in [5.41, 5.74) is 1.97. The van der Waals surface area contributed by atoms with Gasteiger partial charge in [-0.15, -0.1) is 0 Å². The average molecular weight is 423 g/mol. The van der Waals surface area contributed by atoms with Crippen LogP contribution in [-0.4, -0.2) is 18.4 Å². The van der Waals surface area contributed by atoms with E-state index in [9.17, 15) is 9.59 Å². The van der Waals surface area contributed by atoms with Gasteiger partial charge in [0.05, 0.1) is 6.61 Å². The zero-order valence-electron chi connectivity index (χ0n) is 16.4. The number of pyridine rings is 1. The fourth-order valence-electron chi connectivity index (χ4n) is 3.54. The number of carbonyl (C=O) groups excluding carboxylic acids is 2. The van der Waals surface area contributed by atoms with Gasteiger partial charge in [0.25, 0.3) is 11.8 Å². The first-order valence-corrected chi connectivity index (χ1v) is 10.0. The molecule has 4 rings (SSSR count). The average Bonchev–Trinajstić information content (AvgIpc) is 2.75. The number of hydrogen-bond acceptors (Lipinski definition) is 3. The van der Waals surface area contributed by atoms with Gasteiger partial charge in [-0.2, -0.15) is 4.57 Å². The van der Waals surface area contributed by atoms with Crippen LogP contribution in [-0.2, 0) is 16.1 Å². The number of halogens is 1. The van der Waals surface area contributed by atoms with Crippen LogP contribution in [0, 0.1) is 0 Å². The van der Waals surface area contributed by atoms with E-state index in [4.69, 9.17) is 16.3 Å². The van der Waals surface area contributed by atoms with Crippen molar-refractivity contribution in [1.29, 1.82) is 0 Å². The van der Waals surface area contributed by atoms with E-state index in [0.717, 1.165) is 11.4 Å². The molecule has 3 aromatic rings. The summed E-state index contributed by atoms with van der Waals surface area (Å²) in [6.45, 7) is 2.64. The standard InChI is InChI=1S/C23H20ClN3O3/c1-2-30-19-12-8-17(9-13-19)25-23(29)22-20-5-3-4-14-26(20)15-21(28)27(22)18-10-6-16(24)7-11-18/h3-14,22H,2,15H2,1H3/p+1. The number of nitrogens with one attached hydrogen (secondary N) is 1. The number of anilines is 2. The molecule has 1 aromatic heterocycles. The minimum atomic E-state index is -0.819. The van der Waals surface area contributed by atoms with E-state index in [0.29, 0.717) is 23.0 Å². The molecular formula is C23H21ClN3O3+. The first-order chi connectivity index (χ1) is 14.6. The fraction of sp³-hybridized carbons (Fsp3) is 0.174. The van der Waals surface area contributed by atoms with Crippen molar-refractivity contribution in [3.8, 4) is 5.75 Å².